The first-order chi connectivity index (χ1) is 10.8. The summed E-state index contributed by atoms with van der Waals surface area (Å²) >= 11 is 0. The Labute approximate surface area is 136 Å². The SMILES string of the molecule is CC(C)(C)OC(=O)N1CCC2C(C1)C2(CN)c1ccccc1F. The Bertz CT molecular complexity index is 613. The standard InChI is InChI=1S/C18H25FN2O2/c1-17(2,3)23-16(22)21-9-8-12-14(10-21)18(12,11-20)13-6-4-5-7-15(13)19/h4-7,12,14H,8-11,20H2,1-3H3. The summed E-state index contributed by atoms with van der Waals surface area (Å²) in [6.45, 7) is 7.22. The second-order valence-corrected chi connectivity index (χ2v) is 7.65. The third-order valence-electron chi connectivity index (χ3n) is 5.19. The molecule has 4 nitrogen and oxygen atoms in total. The first kappa shape index (κ1) is 16.2. The maximum absolute atomic E-state index is 14.3. The second-order valence-electron chi connectivity index (χ2n) is 7.65. The molecule has 5 heteroatoms. The molecule has 126 valence electrons. The lowest BCUT2D eigenvalue weighted by atomic mass is 9.91. The summed E-state index contributed by atoms with van der Waals surface area (Å²) in [5, 5.41) is 0. The molecule has 3 unspecified atom stereocenters. The van der Waals surface area contributed by atoms with Crippen LogP contribution in [0.5, 0.6) is 0 Å². The van der Waals surface area contributed by atoms with Gasteiger partial charge in [0.15, 0.2) is 0 Å². The second kappa shape index (κ2) is 5.48. The molecule has 0 radical (unpaired) electrons. The molecule has 1 saturated carbocycles. The average molecular weight is 320 g/mol. The summed E-state index contributed by atoms with van der Waals surface area (Å²) in [6.07, 6.45) is 0.553. The van der Waals surface area contributed by atoms with E-state index < -0.39 is 5.60 Å². The normalized spacial score (nSPS) is 29.9. The van der Waals surface area contributed by atoms with Crippen molar-refractivity contribution in [3.8, 4) is 0 Å². The highest BCUT2D eigenvalue weighted by atomic mass is 19.1. The summed E-state index contributed by atoms with van der Waals surface area (Å²) in [7, 11) is 0. The van der Waals surface area contributed by atoms with Gasteiger partial charge in [-0.1, -0.05) is 18.2 Å². The van der Waals surface area contributed by atoms with Gasteiger partial charge in [0.2, 0.25) is 0 Å². The largest absolute Gasteiger partial charge is 0.444 e. The first-order valence-electron chi connectivity index (χ1n) is 8.22. The van der Waals surface area contributed by atoms with E-state index in [9.17, 15) is 9.18 Å². The van der Waals surface area contributed by atoms with Gasteiger partial charge in [0.1, 0.15) is 11.4 Å². The number of carbonyl (C=O) groups is 1. The minimum atomic E-state index is -0.506. The van der Waals surface area contributed by atoms with Crippen molar-refractivity contribution in [1.82, 2.24) is 4.90 Å². The number of hydrogen-bond donors (Lipinski definition) is 1. The number of rotatable bonds is 2. The predicted octanol–water partition coefficient (Wildman–Crippen LogP) is 2.91. The van der Waals surface area contributed by atoms with Crippen LogP contribution in [-0.4, -0.2) is 36.2 Å². The molecule has 2 aliphatic rings. The summed E-state index contributed by atoms with van der Waals surface area (Å²) in [6, 6.07) is 6.87. The number of nitrogens with zero attached hydrogens (tertiary/aromatic N) is 1. The highest BCUT2D eigenvalue weighted by molar-refractivity contribution is 5.68. The molecule has 0 spiro atoms. The van der Waals surface area contributed by atoms with Crippen molar-refractivity contribution < 1.29 is 13.9 Å². The third-order valence-corrected chi connectivity index (χ3v) is 5.19. The summed E-state index contributed by atoms with van der Waals surface area (Å²) < 4.78 is 19.7. The summed E-state index contributed by atoms with van der Waals surface area (Å²) in [4.78, 5) is 14.0. The Morgan fingerprint density at radius 3 is 2.70 bits per heavy atom. The van der Waals surface area contributed by atoms with Gasteiger partial charge in [0.05, 0.1) is 0 Å². The van der Waals surface area contributed by atoms with Gasteiger partial charge in [-0.05, 0) is 50.7 Å². The Morgan fingerprint density at radius 2 is 2.09 bits per heavy atom. The van der Waals surface area contributed by atoms with Gasteiger partial charge in [0, 0.05) is 25.0 Å². The molecule has 1 aliphatic heterocycles. The monoisotopic (exact) mass is 320 g/mol. The molecular formula is C18H25FN2O2. The molecule has 2 N–H and O–H groups in total. The highest BCUT2D eigenvalue weighted by Gasteiger charge is 2.66. The van der Waals surface area contributed by atoms with E-state index in [1.165, 1.54) is 6.07 Å². The van der Waals surface area contributed by atoms with Crippen LogP contribution in [0.15, 0.2) is 24.3 Å². The fourth-order valence-electron chi connectivity index (χ4n) is 4.12. The van der Waals surface area contributed by atoms with Crippen molar-refractivity contribution in [1.29, 1.82) is 0 Å². The maximum Gasteiger partial charge on any atom is 0.410 e. The number of benzene rings is 1. The fraction of sp³-hybridized carbons (Fsp3) is 0.611. The minimum Gasteiger partial charge on any atom is -0.444 e. The molecule has 1 saturated heterocycles. The lowest BCUT2D eigenvalue weighted by molar-refractivity contribution is 0.0206. The smallest absolute Gasteiger partial charge is 0.410 e. The molecule has 1 aromatic carbocycles. The van der Waals surface area contributed by atoms with Crippen LogP contribution in [0.25, 0.3) is 0 Å². The summed E-state index contributed by atoms with van der Waals surface area (Å²) in [5.41, 5.74) is 5.91. The van der Waals surface area contributed by atoms with Crippen LogP contribution in [0.4, 0.5) is 9.18 Å². The number of amides is 1. The van der Waals surface area contributed by atoms with Crippen LogP contribution < -0.4 is 5.73 Å². The molecule has 0 bridgehead atoms. The maximum atomic E-state index is 14.3. The van der Waals surface area contributed by atoms with Crippen molar-refractivity contribution in [2.75, 3.05) is 19.6 Å². The number of carbonyl (C=O) groups excluding carboxylic acids is 1. The van der Waals surface area contributed by atoms with E-state index in [0.717, 1.165) is 6.42 Å². The van der Waals surface area contributed by atoms with Crippen LogP contribution >= 0.6 is 0 Å². The average Bonchev–Trinajstić information content (AvgIpc) is 3.14. The van der Waals surface area contributed by atoms with Crippen molar-refractivity contribution in [3.05, 3.63) is 35.6 Å². The van der Waals surface area contributed by atoms with Crippen LogP contribution in [0.3, 0.4) is 0 Å². The van der Waals surface area contributed by atoms with Gasteiger partial charge in [0.25, 0.3) is 0 Å². The van der Waals surface area contributed by atoms with Crippen LogP contribution in [0.2, 0.25) is 0 Å². The van der Waals surface area contributed by atoms with Crippen molar-refractivity contribution in [2.45, 2.75) is 38.2 Å². The van der Waals surface area contributed by atoms with E-state index in [2.05, 4.69) is 0 Å². The molecule has 2 fully saturated rings. The Kier molecular flexibility index (Phi) is 3.87. The molecular weight excluding hydrogens is 295 g/mol. The van der Waals surface area contributed by atoms with E-state index >= 15 is 0 Å². The van der Waals surface area contributed by atoms with Gasteiger partial charge in [-0.15, -0.1) is 0 Å². The van der Waals surface area contributed by atoms with E-state index in [0.29, 0.717) is 31.1 Å². The quantitative estimate of drug-likeness (QED) is 0.911. The lowest BCUT2D eigenvalue weighted by Crippen LogP contribution is -2.41. The zero-order valence-corrected chi connectivity index (χ0v) is 14.0. The zero-order chi connectivity index (χ0) is 16.8. The van der Waals surface area contributed by atoms with Gasteiger partial charge >= 0.3 is 6.09 Å². The van der Waals surface area contributed by atoms with Crippen LogP contribution in [0, 0.1) is 17.7 Å². The lowest BCUT2D eigenvalue weighted by Gasteiger charge is -2.29. The predicted molar refractivity (Wildman–Crippen MR) is 86.5 cm³/mol. The molecule has 1 aromatic rings. The Balaban J connectivity index is 1.78. The van der Waals surface area contributed by atoms with Gasteiger partial charge < -0.3 is 15.4 Å². The topological polar surface area (TPSA) is 55.6 Å². The summed E-state index contributed by atoms with van der Waals surface area (Å²) in [5.74, 6) is 0.366. The molecule has 0 aromatic heterocycles. The first-order valence-corrected chi connectivity index (χ1v) is 8.22. The van der Waals surface area contributed by atoms with E-state index in [4.69, 9.17) is 10.5 Å². The Morgan fingerprint density at radius 1 is 1.39 bits per heavy atom. The molecule has 1 heterocycles. The van der Waals surface area contributed by atoms with Gasteiger partial charge in [-0.2, -0.15) is 0 Å². The molecule has 3 atom stereocenters. The minimum absolute atomic E-state index is 0.198. The van der Waals surface area contributed by atoms with E-state index in [-0.39, 0.29) is 23.2 Å². The van der Waals surface area contributed by atoms with Crippen LogP contribution in [0.1, 0.15) is 32.8 Å². The number of halogens is 1. The van der Waals surface area contributed by atoms with Gasteiger partial charge in [-0.3, -0.25) is 0 Å². The van der Waals surface area contributed by atoms with E-state index in [1.807, 2.05) is 32.9 Å². The molecule has 3 rings (SSSR count). The van der Waals surface area contributed by atoms with Crippen molar-refractivity contribution in [3.63, 3.8) is 0 Å². The fourth-order valence-corrected chi connectivity index (χ4v) is 4.12. The number of piperidine rings is 1. The van der Waals surface area contributed by atoms with E-state index in [1.54, 1.807) is 11.0 Å². The van der Waals surface area contributed by atoms with Crippen molar-refractivity contribution in [2.24, 2.45) is 17.6 Å². The Hall–Kier alpha value is -1.62. The van der Waals surface area contributed by atoms with Gasteiger partial charge in [-0.25, -0.2) is 9.18 Å². The number of ether oxygens (including phenoxy) is 1. The number of hydrogen-bond acceptors (Lipinski definition) is 3. The number of fused-ring (bicyclic) bond motifs is 1. The number of likely N-dealkylation sites (tertiary alicyclic amines) is 1. The van der Waals surface area contributed by atoms with Crippen LogP contribution in [-0.2, 0) is 10.2 Å². The highest BCUT2D eigenvalue weighted by Crippen LogP contribution is 2.63. The molecule has 23 heavy (non-hydrogen) atoms. The molecule has 1 aliphatic carbocycles. The zero-order valence-electron chi connectivity index (χ0n) is 14.0. The van der Waals surface area contributed by atoms with Crippen molar-refractivity contribution >= 4 is 6.09 Å². The number of nitrogens with two attached hydrogens (primary N) is 1. The third kappa shape index (κ3) is 2.71. The molecule has 1 amide bonds.